The molecule has 1 saturated heterocycles. The first-order valence-corrected chi connectivity index (χ1v) is 11.4. The van der Waals surface area contributed by atoms with Gasteiger partial charge in [-0.15, -0.1) is 0 Å². The van der Waals surface area contributed by atoms with Crippen molar-refractivity contribution in [3.63, 3.8) is 0 Å². The highest BCUT2D eigenvalue weighted by Gasteiger charge is 2.31. The summed E-state index contributed by atoms with van der Waals surface area (Å²) in [6.07, 6.45) is 2.70. The minimum Gasteiger partial charge on any atom is -0.494 e. The van der Waals surface area contributed by atoms with E-state index in [1.165, 1.54) is 5.56 Å². The van der Waals surface area contributed by atoms with Gasteiger partial charge in [-0.1, -0.05) is 35.9 Å². The molecule has 0 N–H and O–H groups in total. The molecule has 1 heterocycles. The van der Waals surface area contributed by atoms with Gasteiger partial charge in [-0.05, 0) is 62.1 Å². The third-order valence-electron chi connectivity index (χ3n) is 5.34. The Labute approximate surface area is 185 Å². The van der Waals surface area contributed by atoms with Gasteiger partial charge in [-0.25, -0.2) is 0 Å². The lowest BCUT2D eigenvalue weighted by atomic mass is 9.94. The second-order valence-corrected chi connectivity index (χ2v) is 7.97. The molecule has 3 atom stereocenters. The van der Waals surface area contributed by atoms with Gasteiger partial charge in [0.25, 0.3) is 0 Å². The van der Waals surface area contributed by atoms with Crippen molar-refractivity contribution in [1.29, 1.82) is 0 Å². The highest BCUT2D eigenvalue weighted by Crippen LogP contribution is 2.35. The number of ether oxygens (including phenoxy) is 4. The first-order chi connectivity index (χ1) is 14.6. The summed E-state index contributed by atoms with van der Waals surface area (Å²) in [4.78, 5) is 0. The Balaban J connectivity index is 1.75. The van der Waals surface area contributed by atoms with Crippen LogP contribution in [0.15, 0.2) is 42.5 Å². The number of benzene rings is 2. The predicted molar refractivity (Wildman–Crippen MR) is 121 cm³/mol. The van der Waals surface area contributed by atoms with Crippen LogP contribution < -0.4 is 4.74 Å². The van der Waals surface area contributed by atoms with Crippen LogP contribution in [0.3, 0.4) is 0 Å². The summed E-state index contributed by atoms with van der Waals surface area (Å²) in [6, 6.07) is 14.4. The van der Waals surface area contributed by atoms with Crippen LogP contribution in [0.25, 0.3) is 0 Å². The molecule has 1 aliphatic heterocycles. The summed E-state index contributed by atoms with van der Waals surface area (Å²) in [5, 5.41) is 0.774. The van der Waals surface area contributed by atoms with Crippen LogP contribution in [0.2, 0.25) is 5.02 Å². The van der Waals surface area contributed by atoms with Crippen molar-refractivity contribution in [2.75, 3.05) is 26.4 Å². The minimum absolute atomic E-state index is 0.0166. The lowest BCUT2D eigenvalue weighted by Gasteiger charge is -2.35. The standard InChI is InChI=1S/C25H33ClO4/c1-4-27-17-23-15-22(29-6-3)16-25(30-23)19-9-12-24(26)20(14-19)13-18-7-10-21(11-8-18)28-5-2/h7-12,14,22-23,25H,4-6,13,15-17H2,1-3H3/t22-,23-,25?/m0/s1. The van der Waals surface area contributed by atoms with E-state index in [4.69, 9.17) is 30.5 Å². The summed E-state index contributed by atoms with van der Waals surface area (Å²) >= 11 is 6.53. The maximum atomic E-state index is 6.53. The third-order valence-corrected chi connectivity index (χ3v) is 5.71. The Morgan fingerprint density at radius 1 is 0.967 bits per heavy atom. The van der Waals surface area contributed by atoms with Crippen LogP contribution in [0.5, 0.6) is 5.75 Å². The van der Waals surface area contributed by atoms with Gasteiger partial charge >= 0.3 is 0 Å². The third kappa shape index (κ3) is 6.45. The van der Waals surface area contributed by atoms with E-state index in [2.05, 4.69) is 24.3 Å². The van der Waals surface area contributed by atoms with Crippen LogP contribution >= 0.6 is 11.6 Å². The molecule has 0 aromatic heterocycles. The molecule has 5 heteroatoms. The molecule has 2 aromatic carbocycles. The molecule has 2 aromatic rings. The number of rotatable bonds is 10. The molecular formula is C25H33ClO4. The van der Waals surface area contributed by atoms with Crippen molar-refractivity contribution in [2.45, 2.75) is 58.3 Å². The Morgan fingerprint density at radius 2 is 1.77 bits per heavy atom. The monoisotopic (exact) mass is 432 g/mol. The van der Waals surface area contributed by atoms with E-state index in [-0.39, 0.29) is 18.3 Å². The SMILES string of the molecule is CCOC[C@@H]1C[C@H](OCC)CC(c2ccc(Cl)c(Cc3ccc(OCC)cc3)c2)O1. The molecule has 0 saturated carbocycles. The smallest absolute Gasteiger partial charge is 0.119 e. The van der Waals surface area contributed by atoms with Crippen molar-refractivity contribution in [2.24, 2.45) is 0 Å². The predicted octanol–water partition coefficient (Wildman–Crippen LogP) is 5.99. The highest BCUT2D eigenvalue weighted by atomic mass is 35.5. The highest BCUT2D eigenvalue weighted by molar-refractivity contribution is 6.31. The zero-order chi connectivity index (χ0) is 21.3. The molecule has 3 rings (SSSR count). The molecule has 1 unspecified atom stereocenters. The number of hydrogen-bond donors (Lipinski definition) is 0. The van der Waals surface area contributed by atoms with Gasteiger partial charge in [0.1, 0.15) is 5.75 Å². The van der Waals surface area contributed by atoms with Gasteiger partial charge in [-0.3, -0.25) is 0 Å². The fourth-order valence-corrected chi connectivity index (χ4v) is 4.12. The largest absolute Gasteiger partial charge is 0.494 e. The molecular weight excluding hydrogens is 400 g/mol. The molecule has 0 amide bonds. The lowest BCUT2D eigenvalue weighted by molar-refractivity contribution is -0.135. The van der Waals surface area contributed by atoms with Crippen LogP contribution in [0.4, 0.5) is 0 Å². The van der Waals surface area contributed by atoms with E-state index in [1.54, 1.807) is 0 Å². The van der Waals surface area contributed by atoms with Crippen LogP contribution in [-0.4, -0.2) is 38.6 Å². The first-order valence-electron chi connectivity index (χ1n) is 11.0. The Bertz CT molecular complexity index is 777. The fraction of sp³-hybridized carbons (Fsp3) is 0.520. The maximum absolute atomic E-state index is 6.53. The Kier molecular flexibility index (Phi) is 9.01. The molecule has 0 aliphatic carbocycles. The zero-order valence-corrected chi connectivity index (χ0v) is 19.0. The minimum atomic E-state index is -0.0166. The summed E-state index contributed by atoms with van der Waals surface area (Å²) in [6.45, 7) is 8.71. The van der Waals surface area contributed by atoms with Crippen molar-refractivity contribution < 1.29 is 18.9 Å². The van der Waals surface area contributed by atoms with Crippen LogP contribution in [-0.2, 0) is 20.6 Å². The van der Waals surface area contributed by atoms with Crippen molar-refractivity contribution in [3.05, 3.63) is 64.2 Å². The van der Waals surface area contributed by atoms with Crippen molar-refractivity contribution in [3.8, 4) is 5.75 Å². The molecule has 1 fully saturated rings. The summed E-state index contributed by atoms with van der Waals surface area (Å²) in [5.74, 6) is 0.888. The van der Waals surface area contributed by atoms with Gasteiger partial charge in [0.05, 0.1) is 31.5 Å². The van der Waals surface area contributed by atoms with Crippen LogP contribution in [0.1, 0.15) is 56.4 Å². The second kappa shape index (κ2) is 11.7. The van der Waals surface area contributed by atoms with E-state index in [9.17, 15) is 0 Å². The Hall–Kier alpha value is -1.59. The number of halogens is 1. The molecule has 0 radical (unpaired) electrons. The van der Waals surface area contributed by atoms with Gasteiger partial charge in [0.15, 0.2) is 0 Å². The molecule has 1 aliphatic rings. The fourth-order valence-electron chi connectivity index (χ4n) is 3.94. The van der Waals surface area contributed by atoms with E-state index in [1.807, 2.05) is 39.0 Å². The average molecular weight is 433 g/mol. The average Bonchev–Trinajstić information content (AvgIpc) is 2.75. The quantitative estimate of drug-likeness (QED) is 0.462. The lowest BCUT2D eigenvalue weighted by Crippen LogP contribution is -2.35. The second-order valence-electron chi connectivity index (χ2n) is 7.56. The molecule has 0 spiro atoms. The van der Waals surface area contributed by atoms with Crippen molar-refractivity contribution in [1.82, 2.24) is 0 Å². The van der Waals surface area contributed by atoms with Gasteiger partial charge < -0.3 is 18.9 Å². The molecule has 30 heavy (non-hydrogen) atoms. The molecule has 0 bridgehead atoms. The number of hydrogen-bond acceptors (Lipinski definition) is 4. The van der Waals surface area contributed by atoms with E-state index >= 15 is 0 Å². The van der Waals surface area contributed by atoms with Crippen LogP contribution in [0, 0.1) is 0 Å². The maximum Gasteiger partial charge on any atom is 0.119 e. The van der Waals surface area contributed by atoms with Gasteiger partial charge in [-0.2, -0.15) is 0 Å². The van der Waals surface area contributed by atoms with E-state index < -0.39 is 0 Å². The van der Waals surface area contributed by atoms with Gasteiger partial charge in [0.2, 0.25) is 0 Å². The Morgan fingerprint density at radius 3 is 2.47 bits per heavy atom. The zero-order valence-electron chi connectivity index (χ0n) is 18.2. The summed E-state index contributed by atoms with van der Waals surface area (Å²) in [5.41, 5.74) is 3.44. The van der Waals surface area contributed by atoms with Gasteiger partial charge in [0, 0.05) is 31.1 Å². The van der Waals surface area contributed by atoms with E-state index in [0.29, 0.717) is 26.4 Å². The summed E-state index contributed by atoms with van der Waals surface area (Å²) < 4.78 is 23.5. The topological polar surface area (TPSA) is 36.9 Å². The summed E-state index contributed by atoms with van der Waals surface area (Å²) in [7, 11) is 0. The molecule has 164 valence electrons. The van der Waals surface area contributed by atoms with E-state index in [0.717, 1.165) is 41.2 Å². The van der Waals surface area contributed by atoms with Crippen molar-refractivity contribution >= 4 is 11.6 Å². The first kappa shape index (κ1) is 23.1. The molecule has 4 nitrogen and oxygen atoms in total. The normalized spacial score (nSPS) is 21.5.